The first-order valence-corrected chi connectivity index (χ1v) is 10.2. The van der Waals surface area contributed by atoms with Gasteiger partial charge in [-0.3, -0.25) is 4.57 Å². The highest BCUT2D eigenvalue weighted by Crippen LogP contribution is 2.50. The Labute approximate surface area is 158 Å². The second-order valence-electron chi connectivity index (χ2n) is 7.31. The topological polar surface area (TPSA) is 84.5 Å². The number of fused-ring (bicyclic) bond motifs is 5. The third kappa shape index (κ3) is 2.52. The molecule has 1 saturated heterocycles. The fourth-order valence-corrected chi connectivity index (χ4v) is 5.47. The number of sulfonamides is 1. The van der Waals surface area contributed by atoms with Crippen molar-refractivity contribution in [1.82, 2.24) is 13.4 Å². The first-order valence-electron chi connectivity index (χ1n) is 8.69. The smallest absolute Gasteiger partial charge is 0.416 e. The molecular weight excluding hydrogens is 399 g/mol. The number of imidazole rings is 1. The number of halogens is 3. The van der Waals surface area contributed by atoms with Gasteiger partial charge in [0.1, 0.15) is 5.69 Å². The van der Waals surface area contributed by atoms with Crippen LogP contribution in [-0.4, -0.2) is 38.8 Å². The summed E-state index contributed by atoms with van der Waals surface area (Å²) in [7, 11) is -3.61. The Bertz CT molecular complexity index is 1120. The van der Waals surface area contributed by atoms with Gasteiger partial charge in [-0.15, -0.1) is 0 Å². The fraction of sp³-hybridized carbons (Fsp3) is 0.471. The van der Waals surface area contributed by atoms with Crippen LogP contribution in [-0.2, 0) is 16.2 Å². The van der Waals surface area contributed by atoms with Crippen molar-refractivity contribution in [3.8, 4) is 11.6 Å². The van der Waals surface area contributed by atoms with Crippen molar-refractivity contribution in [1.29, 1.82) is 0 Å². The normalized spacial score (nSPS) is 22.2. The predicted molar refractivity (Wildman–Crippen MR) is 93.9 cm³/mol. The SMILES string of the molecule is CC(C)S(=O)(=O)N1C[C@@H]2C[C@H]1c1c(O)n(-c3cccc(C(F)(F)F)c3)c(=O)n12. The Kier molecular flexibility index (Phi) is 3.99. The van der Waals surface area contributed by atoms with E-state index in [1.807, 2.05) is 0 Å². The van der Waals surface area contributed by atoms with Gasteiger partial charge in [0.25, 0.3) is 0 Å². The molecule has 2 bridgehead atoms. The zero-order chi connectivity index (χ0) is 20.6. The summed E-state index contributed by atoms with van der Waals surface area (Å²) in [5, 5.41) is 9.99. The van der Waals surface area contributed by atoms with Crippen molar-refractivity contribution in [3.05, 3.63) is 46.0 Å². The summed E-state index contributed by atoms with van der Waals surface area (Å²) in [6.45, 7) is 3.19. The molecule has 2 aromatic rings. The number of aromatic nitrogens is 2. The molecule has 1 aromatic heterocycles. The van der Waals surface area contributed by atoms with Gasteiger partial charge in [0.2, 0.25) is 15.9 Å². The van der Waals surface area contributed by atoms with Crippen LogP contribution in [0.2, 0.25) is 0 Å². The summed E-state index contributed by atoms with van der Waals surface area (Å²) in [5.41, 5.74) is -1.63. The molecular formula is C17H18F3N3O4S. The number of nitrogens with zero attached hydrogens (tertiary/aromatic N) is 3. The van der Waals surface area contributed by atoms with Gasteiger partial charge in [-0.25, -0.2) is 17.8 Å². The molecule has 0 radical (unpaired) electrons. The van der Waals surface area contributed by atoms with Crippen LogP contribution >= 0.6 is 0 Å². The molecule has 3 heterocycles. The maximum Gasteiger partial charge on any atom is 0.416 e. The molecule has 11 heteroatoms. The Morgan fingerprint density at radius 2 is 1.93 bits per heavy atom. The van der Waals surface area contributed by atoms with Crippen LogP contribution in [0.15, 0.2) is 29.1 Å². The number of benzene rings is 1. The van der Waals surface area contributed by atoms with Crippen LogP contribution in [0, 0.1) is 0 Å². The second kappa shape index (κ2) is 5.86. The van der Waals surface area contributed by atoms with Crippen molar-refractivity contribution in [2.75, 3.05) is 6.54 Å². The van der Waals surface area contributed by atoms with Crippen LogP contribution < -0.4 is 5.69 Å². The zero-order valence-corrected chi connectivity index (χ0v) is 15.8. The molecule has 1 N–H and O–H groups in total. The summed E-state index contributed by atoms with van der Waals surface area (Å²) in [4.78, 5) is 12.8. The van der Waals surface area contributed by atoms with E-state index >= 15 is 0 Å². The molecule has 0 unspecified atom stereocenters. The van der Waals surface area contributed by atoms with Gasteiger partial charge < -0.3 is 5.11 Å². The van der Waals surface area contributed by atoms with Gasteiger partial charge in [-0.05, 0) is 38.5 Å². The Balaban J connectivity index is 1.85. The average molecular weight is 417 g/mol. The highest BCUT2D eigenvalue weighted by Gasteiger charge is 2.52. The van der Waals surface area contributed by atoms with Crippen LogP contribution in [0.4, 0.5) is 13.2 Å². The summed E-state index contributed by atoms with van der Waals surface area (Å²) >= 11 is 0. The molecule has 152 valence electrons. The number of rotatable bonds is 3. The maximum atomic E-state index is 13.0. The number of aromatic hydroxyl groups is 1. The molecule has 0 spiro atoms. The molecule has 4 rings (SSSR count). The van der Waals surface area contributed by atoms with E-state index in [0.29, 0.717) is 6.42 Å². The third-order valence-electron chi connectivity index (χ3n) is 5.37. The molecule has 0 amide bonds. The summed E-state index contributed by atoms with van der Waals surface area (Å²) in [5.74, 6) is -0.527. The van der Waals surface area contributed by atoms with Crippen molar-refractivity contribution >= 4 is 10.0 Å². The van der Waals surface area contributed by atoms with Crippen molar-refractivity contribution < 1.29 is 26.7 Å². The van der Waals surface area contributed by atoms with E-state index < -0.39 is 50.7 Å². The average Bonchev–Trinajstić information content (AvgIpc) is 3.26. The predicted octanol–water partition coefficient (Wildman–Crippen LogP) is 2.40. The van der Waals surface area contributed by atoms with Gasteiger partial charge in [0.15, 0.2) is 0 Å². The number of hydrogen-bond donors (Lipinski definition) is 1. The second-order valence-corrected chi connectivity index (χ2v) is 9.76. The van der Waals surface area contributed by atoms with Gasteiger partial charge in [0, 0.05) is 6.54 Å². The number of hydrogen-bond acceptors (Lipinski definition) is 4. The van der Waals surface area contributed by atoms with Crippen LogP contribution in [0.3, 0.4) is 0 Å². The van der Waals surface area contributed by atoms with Crippen LogP contribution in [0.5, 0.6) is 5.88 Å². The van der Waals surface area contributed by atoms with Crippen molar-refractivity contribution in [2.24, 2.45) is 0 Å². The van der Waals surface area contributed by atoms with E-state index in [4.69, 9.17) is 0 Å². The minimum atomic E-state index is -4.60. The van der Waals surface area contributed by atoms with E-state index in [2.05, 4.69) is 0 Å². The Hall–Kier alpha value is -2.27. The first kappa shape index (κ1) is 19.1. The lowest BCUT2D eigenvalue weighted by molar-refractivity contribution is -0.137. The molecule has 1 fully saturated rings. The third-order valence-corrected chi connectivity index (χ3v) is 7.62. The van der Waals surface area contributed by atoms with E-state index in [1.54, 1.807) is 13.8 Å². The molecule has 0 aliphatic carbocycles. The molecule has 2 atom stereocenters. The Morgan fingerprint density at radius 3 is 2.54 bits per heavy atom. The monoisotopic (exact) mass is 417 g/mol. The van der Waals surface area contributed by atoms with Gasteiger partial charge in [-0.1, -0.05) is 6.07 Å². The lowest BCUT2D eigenvalue weighted by Crippen LogP contribution is -2.40. The van der Waals surface area contributed by atoms with Crippen molar-refractivity contribution in [3.63, 3.8) is 0 Å². The van der Waals surface area contributed by atoms with E-state index in [9.17, 15) is 31.5 Å². The standard InChI is InChI=1S/C17H18F3N3O4S/c1-9(2)28(26,27)21-8-12-7-13(21)14-15(24)23(16(25)22(12)14)11-5-3-4-10(6-11)17(18,19)20/h3-6,9,12-13,24H,7-8H2,1-2H3/t12-,13-/m0/s1. The zero-order valence-electron chi connectivity index (χ0n) is 15.0. The first-order chi connectivity index (χ1) is 12.9. The quantitative estimate of drug-likeness (QED) is 0.831. The molecule has 28 heavy (non-hydrogen) atoms. The Morgan fingerprint density at radius 1 is 1.25 bits per heavy atom. The number of alkyl halides is 3. The minimum Gasteiger partial charge on any atom is -0.493 e. The largest absolute Gasteiger partial charge is 0.493 e. The highest BCUT2D eigenvalue weighted by atomic mass is 32.2. The fourth-order valence-electron chi connectivity index (χ4n) is 4.01. The summed E-state index contributed by atoms with van der Waals surface area (Å²) in [6.07, 6.45) is -4.24. The van der Waals surface area contributed by atoms with Crippen LogP contribution in [0.25, 0.3) is 5.69 Å². The summed E-state index contributed by atoms with van der Waals surface area (Å²) < 4.78 is 67.6. The molecule has 2 aliphatic rings. The van der Waals surface area contributed by atoms with E-state index in [1.165, 1.54) is 14.9 Å². The molecule has 2 aliphatic heterocycles. The van der Waals surface area contributed by atoms with E-state index in [-0.39, 0.29) is 17.9 Å². The highest BCUT2D eigenvalue weighted by molar-refractivity contribution is 7.89. The van der Waals surface area contributed by atoms with Gasteiger partial charge >= 0.3 is 11.9 Å². The van der Waals surface area contributed by atoms with Crippen molar-refractivity contribution in [2.45, 2.75) is 43.8 Å². The molecule has 0 saturated carbocycles. The van der Waals surface area contributed by atoms with Gasteiger partial charge in [-0.2, -0.15) is 17.5 Å². The van der Waals surface area contributed by atoms with Crippen LogP contribution in [0.1, 0.15) is 43.6 Å². The molecule has 7 nitrogen and oxygen atoms in total. The lowest BCUT2D eigenvalue weighted by atomic mass is 10.2. The lowest BCUT2D eigenvalue weighted by Gasteiger charge is -2.28. The maximum absolute atomic E-state index is 13.0. The van der Waals surface area contributed by atoms with Gasteiger partial charge in [0.05, 0.1) is 28.6 Å². The van der Waals surface area contributed by atoms with E-state index in [0.717, 1.165) is 22.8 Å². The minimum absolute atomic E-state index is 0.101. The summed E-state index contributed by atoms with van der Waals surface area (Å²) in [6, 6.07) is 2.92. The molecule has 1 aromatic carbocycles.